The number of carbonyl (C=O) groups is 1. The van der Waals surface area contributed by atoms with Crippen LogP contribution in [0.3, 0.4) is 0 Å². The number of halogens is 4. The van der Waals surface area contributed by atoms with Crippen LogP contribution in [0.5, 0.6) is 0 Å². The van der Waals surface area contributed by atoms with Crippen LogP contribution < -0.4 is 11.1 Å². The zero-order valence-corrected chi connectivity index (χ0v) is 21.8. The molecular formula is C28H28F4N6O. The van der Waals surface area contributed by atoms with Gasteiger partial charge in [-0.05, 0) is 62.2 Å². The number of hydrogen-bond donors (Lipinski definition) is 2. The van der Waals surface area contributed by atoms with E-state index in [-0.39, 0.29) is 29.2 Å². The van der Waals surface area contributed by atoms with Gasteiger partial charge < -0.3 is 16.0 Å². The predicted octanol–water partition coefficient (Wildman–Crippen LogP) is 4.23. The number of nitrogens with one attached hydrogen (secondary N) is 1. The highest BCUT2D eigenvalue weighted by Gasteiger charge is 2.34. The number of amides is 1. The molecule has 1 fully saturated rings. The first kappa shape index (κ1) is 28.0. The van der Waals surface area contributed by atoms with Crippen LogP contribution in [0, 0.1) is 31.5 Å². The molecule has 0 unspecified atom stereocenters. The zero-order chi connectivity index (χ0) is 28.3. The van der Waals surface area contributed by atoms with Gasteiger partial charge in [-0.1, -0.05) is 12.0 Å². The maximum absolute atomic E-state index is 14.7. The molecule has 1 aromatic heterocycles. The Morgan fingerprint density at radius 2 is 1.82 bits per heavy atom. The number of aromatic nitrogens is 2. The molecule has 2 heterocycles. The molecule has 4 rings (SSSR count). The van der Waals surface area contributed by atoms with Crippen LogP contribution in [0.15, 0.2) is 36.5 Å². The van der Waals surface area contributed by atoms with E-state index in [1.165, 1.54) is 24.4 Å². The molecule has 1 amide bonds. The van der Waals surface area contributed by atoms with Gasteiger partial charge in [0.15, 0.2) is 0 Å². The summed E-state index contributed by atoms with van der Waals surface area (Å²) in [5.41, 5.74) is 6.19. The number of nitrogens with two attached hydrogens (primary N) is 1. The molecule has 1 saturated heterocycles. The fourth-order valence-corrected chi connectivity index (χ4v) is 4.17. The van der Waals surface area contributed by atoms with E-state index in [2.05, 4.69) is 32.0 Å². The van der Waals surface area contributed by atoms with E-state index in [0.717, 1.165) is 25.2 Å². The average molecular weight is 541 g/mol. The second-order valence-electron chi connectivity index (χ2n) is 9.53. The summed E-state index contributed by atoms with van der Waals surface area (Å²) in [6.07, 6.45) is -3.22. The van der Waals surface area contributed by atoms with Crippen molar-refractivity contribution in [2.75, 3.05) is 44.3 Å². The van der Waals surface area contributed by atoms with Crippen molar-refractivity contribution >= 4 is 17.4 Å². The van der Waals surface area contributed by atoms with E-state index in [1.807, 2.05) is 11.9 Å². The van der Waals surface area contributed by atoms with Crippen LogP contribution >= 0.6 is 0 Å². The van der Waals surface area contributed by atoms with E-state index in [0.29, 0.717) is 35.6 Å². The van der Waals surface area contributed by atoms with Gasteiger partial charge in [-0.15, -0.1) is 0 Å². The Hall–Kier alpha value is -4.01. The molecule has 0 aliphatic carbocycles. The summed E-state index contributed by atoms with van der Waals surface area (Å²) in [6.45, 7) is 6.33. The first-order chi connectivity index (χ1) is 18.4. The topological polar surface area (TPSA) is 87.4 Å². The number of anilines is 2. The van der Waals surface area contributed by atoms with Crippen molar-refractivity contribution in [2.45, 2.75) is 26.6 Å². The van der Waals surface area contributed by atoms with Gasteiger partial charge in [0.25, 0.3) is 5.91 Å². The average Bonchev–Trinajstić information content (AvgIpc) is 2.87. The summed E-state index contributed by atoms with van der Waals surface area (Å²) in [6, 6.07) is 6.05. The molecule has 39 heavy (non-hydrogen) atoms. The van der Waals surface area contributed by atoms with Crippen molar-refractivity contribution in [3.05, 3.63) is 81.6 Å². The number of nitrogen functional groups attached to an aromatic ring is 1. The fraction of sp³-hybridized carbons (Fsp3) is 0.321. The lowest BCUT2D eigenvalue weighted by molar-refractivity contribution is -0.138. The quantitative estimate of drug-likeness (QED) is 0.381. The smallest absolute Gasteiger partial charge is 0.382 e. The number of alkyl halides is 3. The normalized spacial score (nSPS) is 14.5. The summed E-state index contributed by atoms with van der Waals surface area (Å²) in [5.74, 6) is 4.22. The Balaban J connectivity index is 1.57. The Labute approximate surface area is 224 Å². The van der Waals surface area contributed by atoms with Gasteiger partial charge in [0.1, 0.15) is 17.3 Å². The molecule has 11 heteroatoms. The van der Waals surface area contributed by atoms with Crippen LogP contribution in [0.4, 0.5) is 29.1 Å². The standard InChI is InChI=1S/C28H28F4N6O/c1-17-12-25(29)23(13-19(17)4-7-22-15-34-26(33)18(2)35-22)27(39)36-21-6-5-20(24(14-21)28(30,31)32)16-38-10-8-37(3)9-11-38/h5-6,12-15H,8-11,16H2,1-3H3,(H2,33,34)(H,36,39). The molecule has 0 atom stereocenters. The van der Waals surface area contributed by atoms with Gasteiger partial charge in [-0.3, -0.25) is 9.69 Å². The molecule has 3 N–H and O–H groups in total. The second kappa shape index (κ2) is 11.4. The monoisotopic (exact) mass is 540 g/mol. The predicted molar refractivity (Wildman–Crippen MR) is 140 cm³/mol. The second-order valence-corrected chi connectivity index (χ2v) is 9.53. The number of hydrogen-bond acceptors (Lipinski definition) is 6. The molecule has 2 aromatic carbocycles. The first-order valence-electron chi connectivity index (χ1n) is 12.2. The van der Waals surface area contributed by atoms with Crippen molar-refractivity contribution in [1.29, 1.82) is 0 Å². The minimum absolute atomic E-state index is 0.0883. The van der Waals surface area contributed by atoms with E-state index in [1.54, 1.807) is 13.8 Å². The van der Waals surface area contributed by atoms with Crippen molar-refractivity contribution in [3.8, 4) is 11.8 Å². The van der Waals surface area contributed by atoms with Crippen molar-refractivity contribution in [3.63, 3.8) is 0 Å². The Bertz CT molecular complexity index is 1450. The van der Waals surface area contributed by atoms with E-state index < -0.39 is 23.5 Å². The molecule has 7 nitrogen and oxygen atoms in total. The maximum Gasteiger partial charge on any atom is 0.416 e. The summed E-state index contributed by atoms with van der Waals surface area (Å²) < 4.78 is 56.5. The zero-order valence-electron chi connectivity index (χ0n) is 21.8. The number of benzene rings is 2. The molecule has 0 radical (unpaired) electrons. The molecule has 3 aromatic rings. The lowest BCUT2D eigenvalue weighted by atomic mass is 10.0. The summed E-state index contributed by atoms with van der Waals surface area (Å²) in [4.78, 5) is 25.2. The minimum atomic E-state index is -4.62. The van der Waals surface area contributed by atoms with Gasteiger partial charge in [0.05, 0.1) is 23.0 Å². The highest BCUT2D eigenvalue weighted by molar-refractivity contribution is 6.04. The number of rotatable bonds is 4. The number of nitrogens with zero attached hydrogens (tertiary/aromatic N) is 4. The number of piperazine rings is 1. The third kappa shape index (κ3) is 6.90. The van der Waals surface area contributed by atoms with Crippen molar-refractivity contribution in [2.24, 2.45) is 0 Å². The van der Waals surface area contributed by atoms with E-state index >= 15 is 0 Å². The Morgan fingerprint density at radius 3 is 2.49 bits per heavy atom. The first-order valence-corrected chi connectivity index (χ1v) is 12.2. The van der Waals surface area contributed by atoms with Crippen LogP contribution in [-0.2, 0) is 12.7 Å². The van der Waals surface area contributed by atoms with Crippen molar-refractivity contribution in [1.82, 2.24) is 19.8 Å². The highest BCUT2D eigenvalue weighted by atomic mass is 19.4. The molecule has 1 aliphatic heterocycles. The Kier molecular flexibility index (Phi) is 8.18. The van der Waals surface area contributed by atoms with E-state index in [9.17, 15) is 22.4 Å². The largest absolute Gasteiger partial charge is 0.416 e. The molecule has 1 aliphatic rings. The molecule has 0 bridgehead atoms. The fourth-order valence-electron chi connectivity index (χ4n) is 4.17. The molecule has 0 saturated carbocycles. The third-order valence-corrected chi connectivity index (χ3v) is 6.53. The maximum atomic E-state index is 14.7. The van der Waals surface area contributed by atoms with Gasteiger partial charge in [-0.25, -0.2) is 14.4 Å². The van der Waals surface area contributed by atoms with E-state index in [4.69, 9.17) is 5.73 Å². The summed E-state index contributed by atoms with van der Waals surface area (Å²) in [7, 11) is 1.97. The van der Waals surface area contributed by atoms with Gasteiger partial charge in [-0.2, -0.15) is 13.2 Å². The van der Waals surface area contributed by atoms with Crippen molar-refractivity contribution < 1.29 is 22.4 Å². The third-order valence-electron chi connectivity index (χ3n) is 6.53. The lowest BCUT2D eigenvalue weighted by Crippen LogP contribution is -2.44. The van der Waals surface area contributed by atoms with Gasteiger partial charge >= 0.3 is 6.18 Å². The highest BCUT2D eigenvalue weighted by Crippen LogP contribution is 2.35. The Morgan fingerprint density at radius 1 is 1.10 bits per heavy atom. The number of carbonyl (C=O) groups excluding carboxylic acids is 1. The molecule has 204 valence electrons. The van der Waals surface area contributed by atoms with Crippen LogP contribution in [0.1, 0.15) is 44.0 Å². The number of likely N-dealkylation sites (N-methyl/N-ethyl adjacent to an activating group) is 1. The SMILES string of the molecule is Cc1cc(F)c(C(=O)Nc2ccc(CN3CCN(C)CC3)c(C(F)(F)F)c2)cc1C#Cc1cnc(N)c(C)n1. The van der Waals surface area contributed by atoms with Crippen LogP contribution in [-0.4, -0.2) is 58.9 Å². The van der Waals surface area contributed by atoms with Crippen LogP contribution in [0.2, 0.25) is 0 Å². The van der Waals surface area contributed by atoms with Gasteiger partial charge in [0.2, 0.25) is 0 Å². The lowest BCUT2D eigenvalue weighted by Gasteiger charge is -2.33. The van der Waals surface area contributed by atoms with Crippen LogP contribution in [0.25, 0.3) is 0 Å². The summed E-state index contributed by atoms with van der Waals surface area (Å²) in [5, 5.41) is 2.40. The molecule has 0 spiro atoms. The summed E-state index contributed by atoms with van der Waals surface area (Å²) >= 11 is 0. The minimum Gasteiger partial charge on any atom is -0.382 e. The number of aryl methyl sites for hydroxylation is 2. The molecular weight excluding hydrogens is 512 g/mol. The van der Waals surface area contributed by atoms with Gasteiger partial charge in [0, 0.05) is 44.0 Å².